The van der Waals surface area contributed by atoms with Crippen molar-refractivity contribution in [3.05, 3.63) is 38.3 Å². The van der Waals surface area contributed by atoms with Gasteiger partial charge in [-0.05, 0) is 20.8 Å². The molecule has 0 fully saturated rings. The maximum Gasteiger partial charge on any atom is 0.288 e. The molecule has 0 atom stereocenters. The quantitative estimate of drug-likeness (QED) is 0.586. The molecule has 1 heterocycles. The number of rotatable bonds is 5. The summed E-state index contributed by atoms with van der Waals surface area (Å²) in [5.74, 6) is -0.231. The molecule has 0 spiro atoms. The third-order valence-corrected chi connectivity index (χ3v) is 2.92. The summed E-state index contributed by atoms with van der Waals surface area (Å²) in [5, 5.41) is 10.8. The molecule has 0 aliphatic carbocycles. The van der Waals surface area contributed by atoms with Crippen LogP contribution < -0.4 is 5.56 Å². The van der Waals surface area contributed by atoms with Gasteiger partial charge in [-0.3, -0.25) is 24.3 Å². The molecule has 0 aromatic carbocycles. The zero-order valence-corrected chi connectivity index (χ0v) is 11.3. The van der Waals surface area contributed by atoms with E-state index < -0.39 is 10.5 Å². The highest BCUT2D eigenvalue weighted by atomic mass is 16.6. The number of aromatic nitrogens is 1. The van der Waals surface area contributed by atoms with E-state index in [2.05, 4.69) is 0 Å². The molecule has 0 unspecified atom stereocenters. The van der Waals surface area contributed by atoms with Crippen molar-refractivity contribution in [2.45, 2.75) is 27.3 Å². The van der Waals surface area contributed by atoms with Gasteiger partial charge in [0, 0.05) is 24.7 Å². The van der Waals surface area contributed by atoms with Crippen molar-refractivity contribution >= 4 is 11.6 Å². The van der Waals surface area contributed by atoms with Crippen molar-refractivity contribution in [1.82, 2.24) is 9.47 Å². The zero-order chi connectivity index (χ0) is 14.6. The molecule has 0 aliphatic rings. The fourth-order valence-electron chi connectivity index (χ4n) is 1.79. The van der Waals surface area contributed by atoms with Gasteiger partial charge in [0.15, 0.2) is 0 Å². The van der Waals surface area contributed by atoms with Gasteiger partial charge >= 0.3 is 0 Å². The summed E-state index contributed by atoms with van der Waals surface area (Å²) in [6.07, 6.45) is 1.12. The molecule has 7 nitrogen and oxygen atoms in total. The smallest absolute Gasteiger partial charge is 0.288 e. The zero-order valence-electron chi connectivity index (χ0n) is 11.3. The Hall–Kier alpha value is -2.18. The van der Waals surface area contributed by atoms with Crippen LogP contribution in [0.3, 0.4) is 0 Å². The van der Waals surface area contributed by atoms with Gasteiger partial charge in [-0.25, -0.2) is 0 Å². The van der Waals surface area contributed by atoms with E-state index in [1.54, 1.807) is 4.90 Å². The molecule has 19 heavy (non-hydrogen) atoms. The van der Waals surface area contributed by atoms with Crippen LogP contribution in [-0.4, -0.2) is 33.4 Å². The van der Waals surface area contributed by atoms with Crippen molar-refractivity contribution in [3.8, 4) is 0 Å². The Labute approximate surface area is 110 Å². The molecule has 1 aromatic rings. The lowest BCUT2D eigenvalue weighted by Gasteiger charge is -2.19. The molecule has 104 valence electrons. The Morgan fingerprint density at radius 3 is 2.47 bits per heavy atom. The Bertz CT molecular complexity index is 546. The predicted molar refractivity (Wildman–Crippen MR) is 70.0 cm³/mol. The fraction of sp³-hybridized carbons (Fsp3) is 0.500. The third kappa shape index (κ3) is 3.40. The van der Waals surface area contributed by atoms with Crippen LogP contribution in [0.1, 0.15) is 19.4 Å². The van der Waals surface area contributed by atoms with Gasteiger partial charge < -0.3 is 4.90 Å². The van der Waals surface area contributed by atoms with Crippen molar-refractivity contribution in [3.63, 3.8) is 0 Å². The van der Waals surface area contributed by atoms with Gasteiger partial charge in [-0.1, -0.05) is 0 Å². The molecule has 0 radical (unpaired) electrons. The fourth-order valence-corrected chi connectivity index (χ4v) is 1.79. The van der Waals surface area contributed by atoms with Gasteiger partial charge in [-0.2, -0.15) is 0 Å². The van der Waals surface area contributed by atoms with Crippen LogP contribution in [0.4, 0.5) is 5.69 Å². The molecule has 0 saturated heterocycles. The lowest BCUT2D eigenvalue weighted by Crippen LogP contribution is -2.36. The summed E-state index contributed by atoms with van der Waals surface area (Å²) < 4.78 is 1.08. The average Bonchev–Trinajstić information content (AvgIpc) is 2.33. The number of hydrogen-bond donors (Lipinski definition) is 0. The van der Waals surface area contributed by atoms with Gasteiger partial charge in [0.1, 0.15) is 6.54 Å². The van der Waals surface area contributed by atoms with Gasteiger partial charge in [0.2, 0.25) is 5.91 Å². The van der Waals surface area contributed by atoms with E-state index in [4.69, 9.17) is 0 Å². The molecule has 1 aromatic heterocycles. The van der Waals surface area contributed by atoms with Crippen LogP contribution in [0, 0.1) is 17.0 Å². The monoisotopic (exact) mass is 267 g/mol. The summed E-state index contributed by atoms with van der Waals surface area (Å²) in [7, 11) is 0. The summed E-state index contributed by atoms with van der Waals surface area (Å²) >= 11 is 0. The van der Waals surface area contributed by atoms with Crippen LogP contribution in [0.5, 0.6) is 0 Å². The van der Waals surface area contributed by atoms with Crippen molar-refractivity contribution in [2.24, 2.45) is 0 Å². The van der Waals surface area contributed by atoms with E-state index >= 15 is 0 Å². The normalized spacial score (nSPS) is 10.3. The second-order valence-electron chi connectivity index (χ2n) is 4.13. The summed E-state index contributed by atoms with van der Waals surface area (Å²) in [5.41, 5.74) is -0.280. The first-order chi connectivity index (χ1) is 8.90. The van der Waals surface area contributed by atoms with Crippen molar-refractivity contribution < 1.29 is 9.72 Å². The second kappa shape index (κ2) is 6.12. The standard InChI is InChI=1S/C12H17N3O4/c1-4-13(5-2)12(17)8-14-7-10(15(18)19)9(3)6-11(14)16/h6-7H,4-5,8H2,1-3H3. The number of amides is 1. The first-order valence-corrected chi connectivity index (χ1v) is 6.03. The molecule has 0 N–H and O–H groups in total. The molecular formula is C12H17N3O4. The highest BCUT2D eigenvalue weighted by Gasteiger charge is 2.16. The largest absolute Gasteiger partial charge is 0.342 e. The molecular weight excluding hydrogens is 250 g/mol. The number of hydrogen-bond acceptors (Lipinski definition) is 4. The third-order valence-electron chi connectivity index (χ3n) is 2.92. The highest BCUT2D eigenvalue weighted by molar-refractivity contribution is 5.76. The molecule has 0 aliphatic heterocycles. The maximum absolute atomic E-state index is 11.9. The topological polar surface area (TPSA) is 85.4 Å². The van der Waals surface area contributed by atoms with Crippen molar-refractivity contribution in [2.75, 3.05) is 13.1 Å². The molecule has 1 amide bonds. The number of aryl methyl sites for hydroxylation is 1. The number of nitrogens with zero attached hydrogens (tertiary/aromatic N) is 3. The lowest BCUT2D eigenvalue weighted by molar-refractivity contribution is -0.385. The van der Waals surface area contributed by atoms with Crippen LogP contribution in [-0.2, 0) is 11.3 Å². The Morgan fingerprint density at radius 1 is 1.42 bits per heavy atom. The van der Waals surface area contributed by atoms with E-state index in [9.17, 15) is 19.7 Å². The molecule has 1 rings (SSSR count). The van der Waals surface area contributed by atoms with Crippen LogP contribution in [0.25, 0.3) is 0 Å². The van der Waals surface area contributed by atoms with Crippen LogP contribution in [0.2, 0.25) is 0 Å². The summed E-state index contributed by atoms with van der Waals surface area (Å²) in [4.78, 5) is 35.4. The van der Waals surface area contributed by atoms with E-state index in [1.807, 2.05) is 13.8 Å². The van der Waals surface area contributed by atoms with E-state index in [0.717, 1.165) is 10.8 Å². The van der Waals surface area contributed by atoms with E-state index in [0.29, 0.717) is 18.7 Å². The van der Waals surface area contributed by atoms with Gasteiger partial charge in [0.25, 0.3) is 11.2 Å². The SMILES string of the molecule is CCN(CC)C(=O)Cn1cc([N+](=O)[O-])c(C)cc1=O. The number of carbonyl (C=O) groups is 1. The Morgan fingerprint density at radius 2 is 2.00 bits per heavy atom. The minimum Gasteiger partial charge on any atom is -0.342 e. The summed E-state index contributed by atoms with van der Waals surface area (Å²) in [6, 6.07) is 1.17. The number of nitro groups is 1. The van der Waals surface area contributed by atoms with Gasteiger partial charge in [-0.15, -0.1) is 0 Å². The van der Waals surface area contributed by atoms with E-state index in [-0.39, 0.29) is 18.1 Å². The molecule has 0 saturated carbocycles. The predicted octanol–water partition coefficient (Wildman–Crippen LogP) is 0.933. The van der Waals surface area contributed by atoms with Crippen LogP contribution >= 0.6 is 0 Å². The maximum atomic E-state index is 11.9. The molecule has 7 heteroatoms. The van der Waals surface area contributed by atoms with E-state index in [1.165, 1.54) is 13.0 Å². The second-order valence-corrected chi connectivity index (χ2v) is 4.13. The minimum absolute atomic E-state index is 0.160. The highest BCUT2D eigenvalue weighted by Crippen LogP contribution is 2.14. The number of likely N-dealkylation sites (N-methyl/N-ethyl adjacent to an activating group) is 1. The Balaban J connectivity index is 3.08. The first kappa shape index (κ1) is 14.9. The minimum atomic E-state index is -0.562. The first-order valence-electron chi connectivity index (χ1n) is 6.03. The average molecular weight is 267 g/mol. The Kier molecular flexibility index (Phi) is 4.80. The lowest BCUT2D eigenvalue weighted by atomic mass is 10.2. The number of pyridine rings is 1. The number of carbonyl (C=O) groups excluding carboxylic acids is 1. The van der Waals surface area contributed by atoms with Gasteiger partial charge in [0.05, 0.1) is 11.1 Å². The van der Waals surface area contributed by atoms with Crippen molar-refractivity contribution in [1.29, 1.82) is 0 Å². The summed E-state index contributed by atoms with van der Waals surface area (Å²) in [6.45, 7) is 6.07. The molecule has 0 bridgehead atoms. The van der Waals surface area contributed by atoms with Crippen LogP contribution in [0.15, 0.2) is 17.1 Å².